The van der Waals surface area contributed by atoms with Crippen LogP contribution in [0.15, 0.2) is 59.8 Å². The van der Waals surface area contributed by atoms with Crippen molar-refractivity contribution in [1.29, 1.82) is 0 Å². The highest BCUT2D eigenvalue weighted by Crippen LogP contribution is 2.34. The molecule has 0 saturated carbocycles. The summed E-state index contributed by atoms with van der Waals surface area (Å²) < 4.78 is 0. The summed E-state index contributed by atoms with van der Waals surface area (Å²) in [6.07, 6.45) is 1.57. The Morgan fingerprint density at radius 3 is 2.50 bits per heavy atom. The van der Waals surface area contributed by atoms with Crippen LogP contribution in [0.2, 0.25) is 5.02 Å². The smallest absolute Gasteiger partial charge is 0.335 e. The minimum Gasteiger partial charge on any atom is -0.478 e. The molecule has 0 spiro atoms. The third-order valence-electron chi connectivity index (χ3n) is 6.01. The summed E-state index contributed by atoms with van der Waals surface area (Å²) in [5, 5.41) is 13.0. The van der Waals surface area contributed by atoms with Gasteiger partial charge in [0.05, 0.1) is 11.6 Å². The summed E-state index contributed by atoms with van der Waals surface area (Å²) >= 11 is 6.15. The predicted molar refractivity (Wildman–Crippen MR) is 132 cm³/mol. The number of carboxylic acids is 1. The van der Waals surface area contributed by atoms with Crippen molar-refractivity contribution in [2.45, 2.75) is 39.2 Å². The number of carboxylic acid groups (broad SMARTS) is 1. The Balaban J connectivity index is 1.65. The fourth-order valence-electron chi connectivity index (χ4n) is 4.11. The molecule has 3 rings (SSSR count). The van der Waals surface area contributed by atoms with E-state index in [1.165, 1.54) is 10.5 Å². The molecule has 0 aliphatic carbocycles. The molecule has 34 heavy (non-hydrogen) atoms. The second kappa shape index (κ2) is 11.2. The Bertz CT molecular complexity index is 1100. The molecule has 1 aliphatic rings. The van der Waals surface area contributed by atoms with Gasteiger partial charge in [-0.15, -0.1) is 0 Å². The van der Waals surface area contributed by atoms with Crippen molar-refractivity contribution in [2.24, 2.45) is 0 Å². The molecule has 8 heteroatoms. The fraction of sp³-hybridized carbons (Fsp3) is 0.346. The Labute approximate surface area is 205 Å². The van der Waals surface area contributed by atoms with Gasteiger partial charge in [-0.25, -0.2) is 9.59 Å². The summed E-state index contributed by atoms with van der Waals surface area (Å²) in [5.41, 5.74) is 3.33. The standard InChI is InChI=1S/C26H30ClN3O4/c1-17-8-10-19(11-9-17)12-13-22(31)29(3)14-5-15-30-24(20-6-4-7-21(27)16-20)23(25(32)33)18(2)28-26(30)34/h4,6-11,16,24H,5,12-15H2,1-3H3,(H,28,34)(H,32,33). The number of hydrogen-bond donors (Lipinski definition) is 2. The Kier molecular flexibility index (Phi) is 8.34. The van der Waals surface area contributed by atoms with Gasteiger partial charge in [-0.05, 0) is 49.9 Å². The number of carbonyl (C=O) groups excluding carboxylic acids is 2. The molecule has 0 saturated heterocycles. The minimum atomic E-state index is -1.10. The minimum absolute atomic E-state index is 0.0250. The topological polar surface area (TPSA) is 90.0 Å². The van der Waals surface area contributed by atoms with Gasteiger partial charge < -0.3 is 20.2 Å². The van der Waals surface area contributed by atoms with Gasteiger partial charge in [0.1, 0.15) is 0 Å². The van der Waals surface area contributed by atoms with Crippen molar-refractivity contribution >= 4 is 29.5 Å². The van der Waals surface area contributed by atoms with Crippen LogP contribution >= 0.6 is 11.6 Å². The van der Waals surface area contributed by atoms with Crippen molar-refractivity contribution in [3.8, 4) is 0 Å². The highest BCUT2D eigenvalue weighted by atomic mass is 35.5. The molecule has 3 amide bonds. The van der Waals surface area contributed by atoms with Crippen molar-refractivity contribution < 1.29 is 19.5 Å². The number of rotatable bonds is 9. The maximum Gasteiger partial charge on any atom is 0.335 e. The first-order valence-electron chi connectivity index (χ1n) is 11.2. The maximum atomic E-state index is 12.8. The van der Waals surface area contributed by atoms with Gasteiger partial charge in [0.25, 0.3) is 0 Å². The molecule has 1 aliphatic heterocycles. The monoisotopic (exact) mass is 483 g/mol. The second-order valence-corrected chi connectivity index (χ2v) is 9.02. The zero-order valence-corrected chi connectivity index (χ0v) is 20.4. The molecule has 0 aromatic heterocycles. The van der Waals surface area contributed by atoms with E-state index in [0.29, 0.717) is 42.1 Å². The molecule has 2 aromatic rings. The number of benzene rings is 2. The molecule has 180 valence electrons. The SMILES string of the molecule is CC1=C(C(=O)O)C(c2cccc(Cl)c2)N(CCCN(C)C(=O)CCc2ccc(C)cc2)C(=O)N1. The third kappa shape index (κ3) is 6.17. The average molecular weight is 484 g/mol. The molecule has 0 bridgehead atoms. The predicted octanol–water partition coefficient (Wildman–Crippen LogP) is 4.55. The third-order valence-corrected chi connectivity index (χ3v) is 6.24. The van der Waals surface area contributed by atoms with Gasteiger partial charge in [0.2, 0.25) is 5.91 Å². The first-order valence-corrected chi connectivity index (χ1v) is 11.6. The van der Waals surface area contributed by atoms with E-state index in [1.807, 2.05) is 31.2 Å². The van der Waals surface area contributed by atoms with E-state index in [-0.39, 0.29) is 24.1 Å². The number of amides is 3. The quantitative estimate of drug-likeness (QED) is 0.547. The molecular formula is C26H30ClN3O4. The van der Waals surface area contributed by atoms with E-state index in [9.17, 15) is 19.5 Å². The van der Waals surface area contributed by atoms with Crippen molar-refractivity contribution in [2.75, 3.05) is 20.1 Å². The normalized spacial score (nSPS) is 15.8. The largest absolute Gasteiger partial charge is 0.478 e. The molecule has 1 heterocycles. The van der Waals surface area contributed by atoms with Crippen molar-refractivity contribution in [1.82, 2.24) is 15.1 Å². The molecule has 1 atom stereocenters. The highest BCUT2D eigenvalue weighted by molar-refractivity contribution is 6.30. The van der Waals surface area contributed by atoms with Crippen molar-refractivity contribution in [3.63, 3.8) is 0 Å². The molecule has 0 radical (unpaired) electrons. The van der Waals surface area contributed by atoms with Gasteiger partial charge in [-0.2, -0.15) is 0 Å². The fourth-order valence-corrected chi connectivity index (χ4v) is 4.31. The highest BCUT2D eigenvalue weighted by Gasteiger charge is 2.37. The Hall–Kier alpha value is -3.32. The van der Waals surface area contributed by atoms with Crippen LogP contribution in [0, 0.1) is 6.92 Å². The number of hydrogen-bond acceptors (Lipinski definition) is 3. The number of halogens is 1. The molecule has 2 aromatic carbocycles. The number of aryl methyl sites for hydroxylation is 2. The van der Waals surface area contributed by atoms with E-state index in [0.717, 1.165) is 5.56 Å². The van der Waals surface area contributed by atoms with E-state index in [4.69, 9.17) is 11.6 Å². The average Bonchev–Trinajstić information content (AvgIpc) is 2.79. The van der Waals surface area contributed by atoms with Crippen LogP contribution in [0.1, 0.15) is 42.5 Å². The van der Waals surface area contributed by atoms with Crippen LogP contribution in [-0.2, 0) is 16.0 Å². The van der Waals surface area contributed by atoms with E-state index >= 15 is 0 Å². The number of nitrogens with one attached hydrogen (secondary N) is 1. The summed E-state index contributed by atoms with van der Waals surface area (Å²) in [5.74, 6) is -1.08. The number of carbonyl (C=O) groups is 3. The number of nitrogens with zero attached hydrogens (tertiary/aromatic N) is 2. The summed E-state index contributed by atoms with van der Waals surface area (Å²) in [4.78, 5) is 40.6. The van der Waals surface area contributed by atoms with Crippen LogP contribution < -0.4 is 5.32 Å². The van der Waals surface area contributed by atoms with Crippen LogP contribution in [0.4, 0.5) is 4.79 Å². The van der Waals surface area contributed by atoms with E-state index in [2.05, 4.69) is 5.32 Å². The maximum absolute atomic E-state index is 12.8. The van der Waals surface area contributed by atoms with Crippen molar-refractivity contribution in [3.05, 3.63) is 81.5 Å². The Morgan fingerprint density at radius 1 is 1.15 bits per heavy atom. The van der Waals surface area contributed by atoms with E-state index < -0.39 is 12.0 Å². The number of aliphatic carboxylic acids is 1. The van der Waals surface area contributed by atoms with Crippen LogP contribution in [0.25, 0.3) is 0 Å². The van der Waals surface area contributed by atoms with Crippen LogP contribution in [-0.4, -0.2) is 53.0 Å². The van der Waals surface area contributed by atoms with Gasteiger partial charge in [-0.1, -0.05) is 53.6 Å². The lowest BCUT2D eigenvalue weighted by Gasteiger charge is -2.37. The lowest BCUT2D eigenvalue weighted by atomic mass is 9.93. The van der Waals surface area contributed by atoms with Crippen LogP contribution in [0.3, 0.4) is 0 Å². The van der Waals surface area contributed by atoms with Gasteiger partial charge in [0, 0.05) is 37.3 Å². The molecule has 7 nitrogen and oxygen atoms in total. The Morgan fingerprint density at radius 2 is 1.85 bits per heavy atom. The van der Waals surface area contributed by atoms with E-state index in [1.54, 1.807) is 43.1 Å². The molecule has 2 N–H and O–H groups in total. The van der Waals surface area contributed by atoms with Crippen LogP contribution in [0.5, 0.6) is 0 Å². The first kappa shape index (κ1) is 25.3. The molecular weight excluding hydrogens is 454 g/mol. The second-order valence-electron chi connectivity index (χ2n) is 8.58. The molecule has 1 unspecified atom stereocenters. The zero-order chi connectivity index (χ0) is 24.8. The van der Waals surface area contributed by atoms with Gasteiger partial charge >= 0.3 is 12.0 Å². The van der Waals surface area contributed by atoms with Gasteiger partial charge in [0.15, 0.2) is 0 Å². The first-order chi connectivity index (χ1) is 16.2. The van der Waals surface area contributed by atoms with Gasteiger partial charge in [-0.3, -0.25) is 4.79 Å². The zero-order valence-electron chi connectivity index (χ0n) is 19.7. The lowest BCUT2D eigenvalue weighted by Crippen LogP contribution is -2.49. The lowest BCUT2D eigenvalue weighted by molar-refractivity contribution is -0.133. The summed E-state index contributed by atoms with van der Waals surface area (Å²) in [6.45, 7) is 4.34. The summed E-state index contributed by atoms with van der Waals surface area (Å²) in [7, 11) is 1.74. The number of allylic oxidation sites excluding steroid dienone is 1. The number of urea groups is 1. The molecule has 0 fully saturated rings. The summed E-state index contributed by atoms with van der Waals surface area (Å²) in [6, 6.07) is 13.9.